The van der Waals surface area contributed by atoms with Crippen LogP contribution in [-0.4, -0.2) is 10.2 Å². The second kappa shape index (κ2) is 9.32. The van der Waals surface area contributed by atoms with Crippen LogP contribution in [-0.2, 0) is 5.79 Å². The number of hydrogen-bond acceptors (Lipinski definition) is 2. The zero-order valence-corrected chi connectivity index (χ0v) is 18.2. The van der Waals surface area contributed by atoms with Crippen molar-refractivity contribution in [1.82, 2.24) is 0 Å². The van der Waals surface area contributed by atoms with Gasteiger partial charge in [-0.2, -0.15) is 0 Å². The summed E-state index contributed by atoms with van der Waals surface area (Å²) in [5.74, 6) is -1.79. The lowest BCUT2D eigenvalue weighted by Crippen LogP contribution is -2.25. The highest BCUT2D eigenvalue weighted by atomic mass is 16.5. The predicted molar refractivity (Wildman–Crippen MR) is 128 cm³/mol. The molecule has 0 unspecified atom stereocenters. The van der Waals surface area contributed by atoms with Crippen LogP contribution < -0.4 is 0 Å². The normalized spacial score (nSPS) is 12.5. The topological polar surface area (TPSA) is 40.5 Å². The van der Waals surface area contributed by atoms with Crippen LogP contribution in [0.25, 0.3) is 32.3 Å². The summed E-state index contributed by atoms with van der Waals surface area (Å²) in [5, 5.41) is 28.8. The molecule has 2 heteroatoms. The average molecular weight is 403 g/mol. The Morgan fingerprint density at radius 1 is 0.600 bits per heavy atom. The van der Waals surface area contributed by atoms with E-state index in [1.165, 1.54) is 61.1 Å². The first-order valence-electron chi connectivity index (χ1n) is 11.7. The zero-order valence-electron chi connectivity index (χ0n) is 18.2. The Morgan fingerprint density at radius 3 is 1.80 bits per heavy atom. The van der Waals surface area contributed by atoms with Crippen LogP contribution >= 0.6 is 0 Å². The summed E-state index contributed by atoms with van der Waals surface area (Å²) in [6.07, 6.45) is 11.3. The molecule has 0 amide bonds. The standard InChI is InChI=1S/C28H34O2/c1-2-3-4-5-6-7-8-9-10-20-28(29,30)25-19-17-23-15-14-21-12-11-13-22-16-18-24(25)27(23)26(21)22/h11-19,29-30H,2-10,20H2,1H3. The summed E-state index contributed by atoms with van der Waals surface area (Å²) in [5.41, 5.74) is 0.632. The molecule has 4 rings (SSSR count). The van der Waals surface area contributed by atoms with E-state index in [1.54, 1.807) is 0 Å². The van der Waals surface area contributed by atoms with Gasteiger partial charge in [0.1, 0.15) is 0 Å². The molecule has 2 nitrogen and oxygen atoms in total. The van der Waals surface area contributed by atoms with Gasteiger partial charge in [-0.05, 0) is 38.7 Å². The van der Waals surface area contributed by atoms with Gasteiger partial charge >= 0.3 is 0 Å². The molecular formula is C28H34O2. The lowest BCUT2D eigenvalue weighted by molar-refractivity contribution is -0.174. The first kappa shape index (κ1) is 21.1. The molecule has 0 atom stereocenters. The highest BCUT2D eigenvalue weighted by Crippen LogP contribution is 2.39. The average Bonchev–Trinajstić information content (AvgIpc) is 2.76. The molecule has 0 aromatic heterocycles. The Morgan fingerprint density at radius 2 is 1.13 bits per heavy atom. The van der Waals surface area contributed by atoms with E-state index >= 15 is 0 Å². The number of unbranched alkanes of at least 4 members (excludes halogenated alkanes) is 8. The molecule has 0 spiro atoms. The molecular weight excluding hydrogens is 368 g/mol. The molecule has 0 heterocycles. The second-order valence-electron chi connectivity index (χ2n) is 8.86. The Balaban J connectivity index is 1.47. The van der Waals surface area contributed by atoms with Crippen molar-refractivity contribution in [3.05, 3.63) is 60.2 Å². The van der Waals surface area contributed by atoms with E-state index in [4.69, 9.17) is 0 Å². The van der Waals surface area contributed by atoms with Crippen molar-refractivity contribution >= 4 is 32.3 Å². The summed E-state index contributed by atoms with van der Waals surface area (Å²) >= 11 is 0. The molecule has 0 saturated heterocycles. The third-order valence-electron chi connectivity index (χ3n) is 6.59. The Hall–Kier alpha value is -2.16. The van der Waals surface area contributed by atoms with E-state index < -0.39 is 5.79 Å². The maximum Gasteiger partial charge on any atom is 0.190 e. The maximum absolute atomic E-state index is 11.0. The Bertz CT molecular complexity index is 1080. The van der Waals surface area contributed by atoms with Crippen LogP contribution in [0.15, 0.2) is 54.6 Å². The van der Waals surface area contributed by atoms with Gasteiger partial charge < -0.3 is 10.2 Å². The van der Waals surface area contributed by atoms with Crippen molar-refractivity contribution < 1.29 is 10.2 Å². The summed E-state index contributed by atoms with van der Waals surface area (Å²) in [6.45, 7) is 2.25. The van der Waals surface area contributed by atoms with Crippen LogP contribution in [0.2, 0.25) is 0 Å². The van der Waals surface area contributed by atoms with Crippen LogP contribution in [0.3, 0.4) is 0 Å². The fraction of sp³-hybridized carbons (Fsp3) is 0.429. The molecule has 0 radical (unpaired) electrons. The van der Waals surface area contributed by atoms with Crippen molar-refractivity contribution in [1.29, 1.82) is 0 Å². The van der Waals surface area contributed by atoms with Crippen LogP contribution in [0, 0.1) is 0 Å². The van der Waals surface area contributed by atoms with Gasteiger partial charge in [-0.1, -0.05) is 113 Å². The van der Waals surface area contributed by atoms with Crippen LogP contribution in [0.1, 0.15) is 76.7 Å². The molecule has 30 heavy (non-hydrogen) atoms. The second-order valence-corrected chi connectivity index (χ2v) is 8.86. The fourth-order valence-corrected chi connectivity index (χ4v) is 4.90. The first-order valence-corrected chi connectivity index (χ1v) is 11.7. The highest BCUT2D eigenvalue weighted by Gasteiger charge is 2.28. The minimum Gasteiger partial charge on any atom is -0.362 e. The largest absolute Gasteiger partial charge is 0.362 e. The summed E-state index contributed by atoms with van der Waals surface area (Å²) < 4.78 is 0. The van der Waals surface area contributed by atoms with Gasteiger partial charge in [0.25, 0.3) is 0 Å². The third kappa shape index (κ3) is 4.31. The van der Waals surface area contributed by atoms with Gasteiger partial charge in [-0.3, -0.25) is 0 Å². The van der Waals surface area contributed by atoms with Crippen LogP contribution in [0.5, 0.6) is 0 Å². The molecule has 0 aliphatic carbocycles. The SMILES string of the molecule is CCCCCCCCCCCC(O)(O)c1ccc2ccc3cccc4ccc1c2c34. The van der Waals surface area contributed by atoms with Gasteiger partial charge in [-0.15, -0.1) is 0 Å². The molecule has 0 fully saturated rings. The monoisotopic (exact) mass is 402 g/mol. The van der Waals surface area contributed by atoms with E-state index in [-0.39, 0.29) is 0 Å². The first-order chi connectivity index (χ1) is 14.6. The molecule has 2 N–H and O–H groups in total. The number of aliphatic hydroxyl groups is 2. The summed E-state index contributed by atoms with van der Waals surface area (Å²) in [4.78, 5) is 0. The minimum atomic E-state index is -1.79. The van der Waals surface area contributed by atoms with Gasteiger partial charge in [0, 0.05) is 12.0 Å². The van der Waals surface area contributed by atoms with E-state index in [1.807, 2.05) is 12.1 Å². The molecule has 0 saturated carbocycles. The molecule has 0 aliphatic rings. The van der Waals surface area contributed by atoms with E-state index in [0.29, 0.717) is 12.0 Å². The maximum atomic E-state index is 11.0. The van der Waals surface area contributed by atoms with Gasteiger partial charge in [0.15, 0.2) is 5.79 Å². The van der Waals surface area contributed by atoms with E-state index in [2.05, 4.69) is 49.4 Å². The molecule has 0 aliphatic heterocycles. The van der Waals surface area contributed by atoms with Crippen molar-refractivity contribution in [2.45, 2.75) is 76.9 Å². The quantitative estimate of drug-likeness (QED) is 0.154. The number of rotatable bonds is 11. The summed E-state index contributed by atoms with van der Waals surface area (Å²) in [6, 6.07) is 18.7. The van der Waals surface area contributed by atoms with E-state index in [0.717, 1.165) is 29.0 Å². The molecule has 4 aromatic rings. The number of hydrogen-bond donors (Lipinski definition) is 2. The smallest absolute Gasteiger partial charge is 0.190 e. The number of benzene rings is 4. The predicted octanol–water partition coefficient (Wildman–Crippen LogP) is 7.64. The lowest BCUT2D eigenvalue weighted by Gasteiger charge is -2.25. The van der Waals surface area contributed by atoms with Crippen molar-refractivity contribution in [3.63, 3.8) is 0 Å². The molecule has 0 bridgehead atoms. The lowest BCUT2D eigenvalue weighted by atomic mass is 9.88. The fourth-order valence-electron chi connectivity index (χ4n) is 4.90. The Kier molecular flexibility index (Phi) is 6.55. The minimum absolute atomic E-state index is 0.382. The molecule has 4 aromatic carbocycles. The van der Waals surface area contributed by atoms with Crippen molar-refractivity contribution in [3.8, 4) is 0 Å². The zero-order chi connectivity index (χ0) is 21.0. The van der Waals surface area contributed by atoms with E-state index in [9.17, 15) is 10.2 Å². The van der Waals surface area contributed by atoms with Gasteiger partial charge in [-0.25, -0.2) is 0 Å². The third-order valence-corrected chi connectivity index (χ3v) is 6.59. The summed E-state index contributed by atoms with van der Waals surface area (Å²) in [7, 11) is 0. The van der Waals surface area contributed by atoms with Crippen molar-refractivity contribution in [2.75, 3.05) is 0 Å². The molecule has 158 valence electrons. The van der Waals surface area contributed by atoms with Crippen LogP contribution in [0.4, 0.5) is 0 Å². The van der Waals surface area contributed by atoms with Gasteiger partial charge in [0.2, 0.25) is 0 Å². The highest BCUT2D eigenvalue weighted by molar-refractivity contribution is 6.23. The Labute approximate surface area is 179 Å². The van der Waals surface area contributed by atoms with Crippen molar-refractivity contribution in [2.24, 2.45) is 0 Å². The van der Waals surface area contributed by atoms with Gasteiger partial charge in [0.05, 0.1) is 0 Å².